The van der Waals surface area contributed by atoms with E-state index in [2.05, 4.69) is 78.0 Å². The Balaban J connectivity index is 3.21. The number of rotatable bonds is 8. The number of hydrogen-bond donors (Lipinski definition) is 0. The van der Waals surface area contributed by atoms with E-state index in [1.54, 1.807) is 0 Å². The van der Waals surface area contributed by atoms with Gasteiger partial charge in [0.2, 0.25) is 8.32 Å². The Morgan fingerprint density at radius 1 is 0.667 bits per heavy atom. The highest BCUT2D eigenvalue weighted by atomic mass is 28.4. The molecule has 138 valence electrons. The number of aryl methyl sites for hydroxylation is 1. The van der Waals surface area contributed by atoms with Crippen molar-refractivity contribution in [2.45, 2.75) is 79.1 Å². The molecular weight excluding hydrogens is 348 g/mol. The van der Waals surface area contributed by atoms with Gasteiger partial charge in [0.25, 0.3) is 0 Å². The summed E-state index contributed by atoms with van der Waals surface area (Å²) in [7, 11) is -4.86. The molecule has 0 amide bonds. The molecule has 0 spiro atoms. The molecular formula is C18H36O3Si3. The van der Waals surface area contributed by atoms with Crippen molar-refractivity contribution in [1.82, 2.24) is 0 Å². The molecule has 1 aromatic rings. The topological polar surface area (TPSA) is 27.7 Å². The van der Waals surface area contributed by atoms with Crippen LogP contribution in [0, 0.1) is 6.92 Å². The maximum Gasteiger partial charge on any atom is 0.242 e. The lowest BCUT2D eigenvalue weighted by molar-refractivity contribution is 0.285. The third-order valence-electron chi connectivity index (χ3n) is 3.12. The minimum Gasteiger partial charge on any atom is -0.544 e. The first kappa shape index (κ1) is 21.6. The summed E-state index contributed by atoms with van der Waals surface area (Å²) in [5.74, 6) is 0.997. The van der Waals surface area contributed by atoms with Gasteiger partial charge in [-0.3, -0.25) is 0 Å². The summed E-state index contributed by atoms with van der Waals surface area (Å²) in [6.07, 6.45) is 0. The van der Waals surface area contributed by atoms with E-state index in [0.29, 0.717) is 13.2 Å². The average molecular weight is 385 g/mol. The van der Waals surface area contributed by atoms with Crippen LogP contribution in [0.25, 0.3) is 0 Å². The van der Waals surface area contributed by atoms with Crippen LogP contribution in [-0.2, 0) is 22.1 Å². The van der Waals surface area contributed by atoms with Gasteiger partial charge in [-0.2, -0.15) is 0 Å². The monoisotopic (exact) mass is 384 g/mol. The Bertz CT molecular complexity index is 513. The second-order valence-electron chi connectivity index (χ2n) is 9.43. The highest BCUT2D eigenvalue weighted by Gasteiger charge is 2.24. The third kappa shape index (κ3) is 8.62. The van der Waals surface area contributed by atoms with Gasteiger partial charge < -0.3 is 13.3 Å². The lowest BCUT2D eigenvalue weighted by Crippen LogP contribution is -2.31. The molecule has 0 saturated carbocycles. The van der Waals surface area contributed by atoms with Gasteiger partial charge in [0.05, 0.1) is 13.2 Å². The summed E-state index contributed by atoms with van der Waals surface area (Å²) in [6.45, 7) is 23.4. The fourth-order valence-electron chi connectivity index (χ4n) is 2.17. The first-order valence-corrected chi connectivity index (χ1v) is 19.0. The van der Waals surface area contributed by atoms with Gasteiger partial charge in [-0.05, 0) is 65.8 Å². The van der Waals surface area contributed by atoms with Crippen molar-refractivity contribution in [2.75, 3.05) is 0 Å². The molecule has 0 aliphatic rings. The lowest BCUT2D eigenvalue weighted by atomic mass is 10.1. The van der Waals surface area contributed by atoms with Crippen LogP contribution in [-0.4, -0.2) is 25.0 Å². The predicted molar refractivity (Wildman–Crippen MR) is 111 cm³/mol. The summed E-state index contributed by atoms with van der Waals surface area (Å²) in [5, 5.41) is 0. The second-order valence-corrected chi connectivity index (χ2v) is 22.9. The van der Waals surface area contributed by atoms with Crippen molar-refractivity contribution in [3.8, 4) is 5.75 Å². The van der Waals surface area contributed by atoms with Crippen LogP contribution in [0.15, 0.2) is 12.1 Å². The lowest BCUT2D eigenvalue weighted by Gasteiger charge is -2.27. The Morgan fingerprint density at radius 3 is 1.33 bits per heavy atom. The molecule has 0 bridgehead atoms. The molecule has 0 unspecified atom stereocenters. The van der Waals surface area contributed by atoms with E-state index in [0.717, 1.165) is 16.9 Å². The summed E-state index contributed by atoms with van der Waals surface area (Å²) in [5.41, 5.74) is 3.56. The molecule has 1 aromatic carbocycles. The van der Waals surface area contributed by atoms with Crippen molar-refractivity contribution in [1.29, 1.82) is 0 Å². The molecule has 0 fully saturated rings. The highest BCUT2D eigenvalue weighted by molar-refractivity contribution is 6.70. The normalized spacial score (nSPS) is 13.2. The van der Waals surface area contributed by atoms with Crippen molar-refractivity contribution in [3.63, 3.8) is 0 Å². The maximum absolute atomic E-state index is 6.46. The molecule has 0 heterocycles. The van der Waals surface area contributed by atoms with Crippen LogP contribution in [0.5, 0.6) is 5.75 Å². The molecule has 0 radical (unpaired) electrons. The van der Waals surface area contributed by atoms with Crippen LogP contribution < -0.4 is 4.43 Å². The Labute approximate surface area is 152 Å². The average Bonchev–Trinajstić information content (AvgIpc) is 2.33. The summed E-state index contributed by atoms with van der Waals surface area (Å²) in [6, 6.07) is 4.40. The Hall–Kier alpha value is -0.409. The first-order valence-electron chi connectivity index (χ1n) is 8.76. The van der Waals surface area contributed by atoms with Gasteiger partial charge in [-0.25, -0.2) is 0 Å². The van der Waals surface area contributed by atoms with Gasteiger partial charge in [0.15, 0.2) is 16.6 Å². The van der Waals surface area contributed by atoms with Crippen molar-refractivity contribution < 1.29 is 13.3 Å². The van der Waals surface area contributed by atoms with Crippen molar-refractivity contribution >= 4 is 25.0 Å². The largest absolute Gasteiger partial charge is 0.544 e. The third-order valence-corrected chi connectivity index (χ3v) is 5.95. The van der Waals surface area contributed by atoms with Crippen LogP contribution in [0.3, 0.4) is 0 Å². The minimum atomic E-state index is -1.72. The van der Waals surface area contributed by atoms with Crippen molar-refractivity contribution in [2.24, 2.45) is 0 Å². The van der Waals surface area contributed by atoms with Crippen LogP contribution in [0.2, 0.25) is 58.9 Å². The fourth-order valence-corrected chi connectivity index (χ4v) is 4.22. The smallest absolute Gasteiger partial charge is 0.242 e. The molecule has 0 atom stereocenters. The molecule has 1 rings (SSSR count). The van der Waals surface area contributed by atoms with Gasteiger partial charge in [0, 0.05) is 11.1 Å². The van der Waals surface area contributed by atoms with E-state index in [1.807, 2.05) is 0 Å². The second kappa shape index (κ2) is 7.87. The van der Waals surface area contributed by atoms with Gasteiger partial charge in [-0.15, -0.1) is 0 Å². The maximum atomic E-state index is 6.46. The molecule has 0 aromatic heterocycles. The quantitative estimate of drug-likeness (QED) is 0.521. The van der Waals surface area contributed by atoms with E-state index >= 15 is 0 Å². The summed E-state index contributed by atoms with van der Waals surface area (Å²) < 4.78 is 18.8. The molecule has 0 aliphatic carbocycles. The highest BCUT2D eigenvalue weighted by Crippen LogP contribution is 2.31. The number of benzene rings is 1. The van der Waals surface area contributed by atoms with E-state index in [9.17, 15) is 0 Å². The van der Waals surface area contributed by atoms with Gasteiger partial charge in [-0.1, -0.05) is 17.7 Å². The van der Waals surface area contributed by atoms with Crippen LogP contribution in [0.1, 0.15) is 16.7 Å². The molecule has 0 aliphatic heterocycles. The summed E-state index contributed by atoms with van der Waals surface area (Å²) >= 11 is 0. The predicted octanol–water partition coefficient (Wildman–Crippen LogP) is 5.91. The van der Waals surface area contributed by atoms with Crippen molar-refractivity contribution in [3.05, 3.63) is 28.8 Å². The Morgan fingerprint density at radius 2 is 1.04 bits per heavy atom. The molecule has 0 saturated heterocycles. The fraction of sp³-hybridized carbons (Fsp3) is 0.667. The van der Waals surface area contributed by atoms with Crippen LogP contribution >= 0.6 is 0 Å². The molecule has 3 nitrogen and oxygen atoms in total. The molecule has 6 heteroatoms. The van der Waals surface area contributed by atoms with Gasteiger partial charge >= 0.3 is 0 Å². The standard InChI is InChI=1S/C18H36O3Si3/c1-15-11-16(13-19-22(2,3)4)18(21-24(8,9)10)17(12-15)14-20-23(5,6)7/h11-12H,13-14H2,1-10H3. The zero-order valence-corrected chi connectivity index (χ0v) is 20.3. The van der Waals surface area contributed by atoms with E-state index in [-0.39, 0.29) is 0 Å². The number of hydrogen-bond acceptors (Lipinski definition) is 3. The van der Waals surface area contributed by atoms with Gasteiger partial charge in [0.1, 0.15) is 5.75 Å². The van der Waals surface area contributed by atoms with E-state index < -0.39 is 25.0 Å². The SMILES string of the molecule is Cc1cc(CO[Si](C)(C)C)c(O[Si](C)(C)C)c(CO[Si](C)(C)C)c1. The van der Waals surface area contributed by atoms with Crippen LogP contribution in [0.4, 0.5) is 0 Å². The zero-order valence-electron chi connectivity index (χ0n) is 17.3. The summed E-state index contributed by atoms with van der Waals surface area (Å²) in [4.78, 5) is 0. The molecule has 0 N–H and O–H groups in total. The first-order chi connectivity index (χ1) is 10.7. The van der Waals surface area contributed by atoms with E-state index in [1.165, 1.54) is 5.56 Å². The van der Waals surface area contributed by atoms with E-state index in [4.69, 9.17) is 13.3 Å². The Kier molecular flexibility index (Phi) is 7.09. The molecule has 24 heavy (non-hydrogen) atoms. The minimum absolute atomic E-state index is 0.622. The zero-order chi connectivity index (χ0) is 18.8.